The van der Waals surface area contributed by atoms with Crippen molar-refractivity contribution in [3.8, 4) is 0 Å². The number of nitrogens with zero attached hydrogens (tertiary/aromatic N) is 4. The fourth-order valence-electron chi connectivity index (χ4n) is 5.08. The number of aryl methyl sites for hydroxylation is 1. The normalized spacial score (nSPS) is 17.2. The van der Waals surface area contributed by atoms with Crippen LogP contribution in [0.15, 0.2) is 35.3 Å². The number of fused-ring (bicyclic) bond motifs is 1. The van der Waals surface area contributed by atoms with Gasteiger partial charge in [-0.15, -0.1) is 0 Å². The van der Waals surface area contributed by atoms with Crippen molar-refractivity contribution in [2.24, 2.45) is 7.05 Å². The molecule has 0 aliphatic carbocycles. The van der Waals surface area contributed by atoms with E-state index in [2.05, 4.69) is 15.4 Å². The first kappa shape index (κ1) is 28.1. The van der Waals surface area contributed by atoms with Crippen LogP contribution in [0.2, 0.25) is 0 Å². The Balaban J connectivity index is 1.68. The highest BCUT2D eigenvalue weighted by Gasteiger charge is 2.34. The lowest BCUT2D eigenvalue weighted by Gasteiger charge is -2.25. The molecule has 2 aromatic heterocycles. The van der Waals surface area contributed by atoms with Crippen molar-refractivity contribution in [2.45, 2.75) is 51.0 Å². The number of pyridine rings is 1. The average molecular weight is 548 g/mol. The second-order valence-electron chi connectivity index (χ2n) is 10.5. The third kappa shape index (κ3) is 5.88. The molecule has 1 aromatic carbocycles. The molecule has 3 heterocycles. The highest BCUT2D eigenvalue weighted by atomic mass is 32.2. The van der Waals surface area contributed by atoms with Crippen molar-refractivity contribution in [1.82, 2.24) is 19.7 Å². The summed E-state index contributed by atoms with van der Waals surface area (Å²) < 4.78 is 55.1. The summed E-state index contributed by atoms with van der Waals surface area (Å²) in [4.78, 5) is 19.0. The molecule has 1 N–H and O–H groups in total. The summed E-state index contributed by atoms with van der Waals surface area (Å²) in [5, 5.41) is 8.73. The van der Waals surface area contributed by atoms with E-state index < -0.39 is 15.8 Å². The maximum Gasteiger partial charge on any atom is 0.276 e. The van der Waals surface area contributed by atoms with Crippen molar-refractivity contribution < 1.29 is 17.2 Å². The SMILES string of the molecule is Cc1c([C@@H](C)Nc2nn(C)c(=O)c3cnc(C4CCS(=O)(=O)CC4)cc23)cccc1C(F)(F)CCN(C)C. The second kappa shape index (κ2) is 10.7. The molecule has 1 fully saturated rings. The van der Waals surface area contributed by atoms with Crippen molar-refractivity contribution in [2.75, 3.05) is 37.5 Å². The van der Waals surface area contributed by atoms with Gasteiger partial charge < -0.3 is 10.2 Å². The summed E-state index contributed by atoms with van der Waals surface area (Å²) in [6.45, 7) is 3.84. The number of benzene rings is 1. The lowest BCUT2D eigenvalue weighted by Crippen LogP contribution is -2.25. The Bertz CT molecular complexity index is 1490. The molecule has 0 amide bonds. The Hall–Kier alpha value is -2.92. The Morgan fingerprint density at radius 2 is 1.89 bits per heavy atom. The third-order valence-electron chi connectivity index (χ3n) is 7.39. The van der Waals surface area contributed by atoms with Crippen LogP contribution >= 0.6 is 0 Å². The molecule has 1 saturated heterocycles. The summed E-state index contributed by atoms with van der Waals surface area (Å²) >= 11 is 0. The van der Waals surface area contributed by atoms with Crippen LogP contribution in [-0.4, -0.2) is 60.2 Å². The molecule has 0 saturated carbocycles. The molecule has 0 spiro atoms. The minimum Gasteiger partial charge on any atom is -0.362 e. The molecule has 206 valence electrons. The van der Waals surface area contributed by atoms with Crippen LogP contribution in [0.4, 0.5) is 14.6 Å². The average Bonchev–Trinajstić information content (AvgIpc) is 2.85. The second-order valence-corrected chi connectivity index (χ2v) is 12.8. The van der Waals surface area contributed by atoms with Gasteiger partial charge in [0.15, 0.2) is 5.82 Å². The molecule has 0 bridgehead atoms. The highest BCUT2D eigenvalue weighted by Crippen LogP contribution is 2.37. The molecule has 38 heavy (non-hydrogen) atoms. The molecular formula is C27H35F2N5O3S. The molecule has 4 rings (SSSR count). The molecule has 1 aliphatic rings. The van der Waals surface area contributed by atoms with Crippen LogP contribution in [0.25, 0.3) is 10.8 Å². The van der Waals surface area contributed by atoms with Crippen LogP contribution in [0, 0.1) is 6.92 Å². The topological polar surface area (TPSA) is 97.2 Å². The van der Waals surface area contributed by atoms with Crippen LogP contribution < -0.4 is 10.9 Å². The van der Waals surface area contributed by atoms with E-state index in [4.69, 9.17) is 0 Å². The predicted molar refractivity (Wildman–Crippen MR) is 146 cm³/mol. The number of anilines is 1. The summed E-state index contributed by atoms with van der Waals surface area (Å²) in [6.07, 6.45) is 2.20. The van der Waals surface area contributed by atoms with Gasteiger partial charge in [-0.2, -0.15) is 5.10 Å². The van der Waals surface area contributed by atoms with Gasteiger partial charge >= 0.3 is 0 Å². The number of aromatic nitrogens is 3. The van der Waals surface area contributed by atoms with Gasteiger partial charge in [0.1, 0.15) is 9.84 Å². The van der Waals surface area contributed by atoms with Gasteiger partial charge in [0, 0.05) is 48.8 Å². The first-order valence-electron chi connectivity index (χ1n) is 12.8. The van der Waals surface area contributed by atoms with Gasteiger partial charge in [-0.05, 0) is 58.0 Å². The fourth-order valence-corrected chi connectivity index (χ4v) is 6.57. The van der Waals surface area contributed by atoms with Gasteiger partial charge in [-0.1, -0.05) is 18.2 Å². The number of alkyl halides is 2. The molecular weight excluding hydrogens is 512 g/mol. The van der Waals surface area contributed by atoms with E-state index in [1.807, 2.05) is 13.0 Å². The first-order chi connectivity index (χ1) is 17.8. The van der Waals surface area contributed by atoms with Gasteiger partial charge in [0.25, 0.3) is 11.5 Å². The van der Waals surface area contributed by atoms with E-state index in [-0.39, 0.29) is 47.6 Å². The zero-order valence-corrected chi connectivity index (χ0v) is 23.3. The number of sulfone groups is 1. The maximum absolute atomic E-state index is 15.1. The van der Waals surface area contributed by atoms with Crippen LogP contribution in [0.5, 0.6) is 0 Å². The zero-order chi connectivity index (χ0) is 27.8. The Morgan fingerprint density at radius 1 is 1.21 bits per heavy atom. The van der Waals surface area contributed by atoms with Crippen molar-refractivity contribution in [3.63, 3.8) is 0 Å². The van der Waals surface area contributed by atoms with Crippen molar-refractivity contribution in [3.05, 3.63) is 63.2 Å². The van der Waals surface area contributed by atoms with Gasteiger partial charge in [0.05, 0.1) is 22.9 Å². The smallest absolute Gasteiger partial charge is 0.276 e. The Labute approximate surface area is 222 Å². The zero-order valence-electron chi connectivity index (χ0n) is 22.5. The largest absolute Gasteiger partial charge is 0.362 e. The number of halogens is 2. The standard InChI is InChI=1S/C27H35F2N5O3S/c1-17-20(7-6-8-23(17)27(28,29)11-12-33(3)4)18(2)31-25-21-15-24(19-9-13-38(36,37)14-10-19)30-16-22(21)26(35)34(5)32-25/h6-8,15-16,18-19H,9-14H2,1-5H3,(H,31,32)/t18-/m1/s1. The van der Waals surface area contributed by atoms with Gasteiger partial charge in [0.2, 0.25) is 0 Å². The number of hydrogen-bond acceptors (Lipinski definition) is 7. The van der Waals surface area contributed by atoms with E-state index in [9.17, 15) is 13.2 Å². The summed E-state index contributed by atoms with van der Waals surface area (Å²) in [5.41, 5.74) is 1.64. The molecule has 11 heteroatoms. The third-order valence-corrected chi connectivity index (χ3v) is 9.11. The maximum atomic E-state index is 15.1. The summed E-state index contributed by atoms with van der Waals surface area (Å²) in [7, 11) is 2.07. The fraction of sp³-hybridized carbons (Fsp3) is 0.519. The summed E-state index contributed by atoms with van der Waals surface area (Å²) in [6, 6.07) is 6.36. The number of hydrogen-bond donors (Lipinski definition) is 1. The van der Waals surface area contributed by atoms with E-state index in [1.165, 1.54) is 16.9 Å². The predicted octanol–water partition coefficient (Wildman–Crippen LogP) is 4.15. The van der Waals surface area contributed by atoms with E-state index >= 15 is 8.78 Å². The minimum atomic E-state index is -3.02. The van der Waals surface area contributed by atoms with Gasteiger partial charge in [-0.25, -0.2) is 21.9 Å². The first-order valence-corrected chi connectivity index (χ1v) is 14.6. The highest BCUT2D eigenvalue weighted by molar-refractivity contribution is 7.91. The lowest BCUT2D eigenvalue weighted by molar-refractivity contribution is -0.0194. The molecule has 0 unspecified atom stereocenters. The minimum absolute atomic E-state index is 0.00233. The molecule has 8 nitrogen and oxygen atoms in total. The number of nitrogens with one attached hydrogen (secondary N) is 1. The lowest BCUT2D eigenvalue weighted by atomic mass is 9.92. The monoisotopic (exact) mass is 547 g/mol. The van der Waals surface area contributed by atoms with Crippen LogP contribution in [0.3, 0.4) is 0 Å². The van der Waals surface area contributed by atoms with E-state index in [0.29, 0.717) is 40.6 Å². The molecule has 1 atom stereocenters. The molecule has 3 aromatic rings. The van der Waals surface area contributed by atoms with Crippen LogP contribution in [0.1, 0.15) is 60.5 Å². The van der Waals surface area contributed by atoms with Crippen molar-refractivity contribution >= 4 is 26.4 Å². The summed E-state index contributed by atoms with van der Waals surface area (Å²) in [5.74, 6) is -2.34. The Morgan fingerprint density at radius 3 is 2.55 bits per heavy atom. The van der Waals surface area contributed by atoms with Crippen molar-refractivity contribution in [1.29, 1.82) is 0 Å². The van der Waals surface area contributed by atoms with Gasteiger partial charge in [-0.3, -0.25) is 9.78 Å². The van der Waals surface area contributed by atoms with Crippen LogP contribution in [-0.2, 0) is 22.8 Å². The number of rotatable bonds is 8. The quantitative estimate of drug-likeness (QED) is 0.453. The molecule has 0 radical (unpaired) electrons. The molecule has 1 aliphatic heterocycles. The Kier molecular flexibility index (Phi) is 7.90. The van der Waals surface area contributed by atoms with E-state index in [0.717, 1.165) is 5.69 Å². The van der Waals surface area contributed by atoms with E-state index in [1.54, 1.807) is 45.1 Å².